The summed E-state index contributed by atoms with van der Waals surface area (Å²) in [6, 6.07) is 8.75. The summed E-state index contributed by atoms with van der Waals surface area (Å²) >= 11 is 6.22. The van der Waals surface area contributed by atoms with E-state index in [0.717, 1.165) is 12.0 Å². The van der Waals surface area contributed by atoms with E-state index in [1.54, 1.807) is 36.2 Å². The molecule has 0 aliphatic carbocycles. The third-order valence-electron chi connectivity index (χ3n) is 6.39. The first-order chi connectivity index (χ1) is 14.4. The predicted molar refractivity (Wildman–Crippen MR) is 116 cm³/mol. The van der Waals surface area contributed by atoms with Gasteiger partial charge in [-0.3, -0.25) is 9.78 Å². The number of hydrogen-bond donors (Lipinski definition) is 1. The lowest BCUT2D eigenvalue weighted by Crippen LogP contribution is -2.61. The molecule has 4 rings (SSSR count). The van der Waals surface area contributed by atoms with E-state index in [4.69, 9.17) is 11.6 Å². The maximum absolute atomic E-state index is 13.9. The Balaban J connectivity index is 1.69. The average molecular weight is 448 g/mol. The van der Waals surface area contributed by atoms with Crippen molar-refractivity contribution in [1.82, 2.24) is 15.2 Å². The van der Waals surface area contributed by atoms with Gasteiger partial charge in [0.1, 0.15) is 0 Å². The van der Waals surface area contributed by atoms with Crippen molar-refractivity contribution in [2.45, 2.75) is 41.7 Å². The summed E-state index contributed by atoms with van der Waals surface area (Å²) in [5, 5.41) is 3.55. The highest BCUT2D eigenvalue weighted by atomic mass is 35.5. The Kier molecular flexibility index (Phi) is 5.88. The molecule has 8 heteroatoms. The van der Waals surface area contributed by atoms with Crippen molar-refractivity contribution < 1.29 is 13.2 Å². The van der Waals surface area contributed by atoms with Gasteiger partial charge in [-0.15, -0.1) is 0 Å². The highest BCUT2D eigenvalue weighted by Crippen LogP contribution is 2.38. The third-order valence-corrected chi connectivity index (χ3v) is 9.37. The number of piperidine rings is 1. The minimum absolute atomic E-state index is 0.119. The second-order valence-corrected chi connectivity index (χ2v) is 10.8. The molecule has 160 valence electrons. The topological polar surface area (TPSA) is 79.4 Å². The number of benzene rings is 1. The van der Waals surface area contributed by atoms with Crippen molar-refractivity contribution in [2.75, 3.05) is 26.2 Å². The predicted octanol–water partition coefficient (Wildman–Crippen LogP) is 2.96. The number of aromatic nitrogens is 1. The fourth-order valence-corrected chi connectivity index (χ4v) is 7.10. The van der Waals surface area contributed by atoms with Gasteiger partial charge in [-0.25, -0.2) is 8.42 Å². The molecule has 0 spiro atoms. The van der Waals surface area contributed by atoms with Crippen LogP contribution in [0, 0.1) is 6.92 Å². The zero-order valence-corrected chi connectivity index (χ0v) is 18.5. The lowest BCUT2D eigenvalue weighted by atomic mass is 9.96. The number of hydrogen-bond acceptors (Lipinski definition) is 5. The van der Waals surface area contributed by atoms with Gasteiger partial charge in [0.15, 0.2) is 14.6 Å². The summed E-state index contributed by atoms with van der Waals surface area (Å²) in [5.74, 6) is -0.132. The molecule has 3 heterocycles. The summed E-state index contributed by atoms with van der Waals surface area (Å²) in [7, 11) is -3.95. The number of halogens is 1. The van der Waals surface area contributed by atoms with Crippen LogP contribution < -0.4 is 5.32 Å². The molecular weight excluding hydrogens is 422 g/mol. The molecule has 2 fully saturated rings. The molecular formula is C22H26ClN3O3S. The highest BCUT2D eigenvalue weighted by Gasteiger charge is 2.54. The molecule has 1 aromatic carbocycles. The Hall–Kier alpha value is -1.96. The molecule has 30 heavy (non-hydrogen) atoms. The Morgan fingerprint density at radius 3 is 2.83 bits per heavy atom. The third kappa shape index (κ3) is 3.53. The van der Waals surface area contributed by atoms with E-state index in [9.17, 15) is 13.2 Å². The monoisotopic (exact) mass is 447 g/mol. The van der Waals surface area contributed by atoms with Gasteiger partial charge in [-0.2, -0.15) is 0 Å². The van der Waals surface area contributed by atoms with E-state index in [1.165, 1.54) is 0 Å². The highest BCUT2D eigenvalue weighted by molar-refractivity contribution is 7.93. The van der Waals surface area contributed by atoms with Crippen molar-refractivity contribution in [3.8, 4) is 0 Å². The van der Waals surface area contributed by atoms with Crippen LogP contribution in [0.5, 0.6) is 0 Å². The molecule has 2 aliphatic rings. The van der Waals surface area contributed by atoms with E-state index in [2.05, 4.69) is 10.3 Å². The number of sulfone groups is 1. The lowest BCUT2D eigenvalue weighted by molar-refractivity contribution is -0.133. The van der Waals surface area contributed by atoms with E-state index < -0.39 is 14.6 Å². The van der Waals surface area contributed by atoms with Crippen LogP contribution >= 0.6 is 11.6 Å². The van der Waals surface area contributed by atoms with E-state index in [1.807, 2.05) is 18.3 Å². The fourth-order valence-electron chi connectivity index (χ4n) is 4.62. The van der Waals surface area contributed by atoms with Crippen LogP contribution in [0.2, 0.25) is 5.02 Å². The van der Waals surface area contributed by atoms with E-state index in [-0.39, 0.29) is 23.3 Å². The van der Waals surface area contributed by atoms with Crippen molar-refractivity contribution in [3.05, 3.63) is 58.9 Å². The van der Waals surface area contributed by atoms with Crippen molar-refractivity contribution in [2.24, 2.45) is 0 Å². The smallest absolute Gasteiger partial charge is 0.245 e. The van der Waals surface area contributed by atoms with Gasteiger partial charge in [0, 0.05) is 43.0 Å². The molecule has 1 aromatic heterocycles. The van der Waals surface area contributed by atoms with Crippen molar-refractivity contribution >= 4 is 27.3 Å². The van der Waals surface area contributed by atoms with Crippen LogP contribution in [0.3, 0.4) is 0 Å². The Labute approximate surface area is 182 Å². The minimum atomic E-state index is -3.95. The number of amides is 1. The van der Waals surface area contributed by atoms with E-state index >= 15 is 0 Å². The van der Waals surface area contributed by atoms with Crippen LogP contribution in [-0.4, -0.2) is 55.1 Å². The Morgan fingerprint density at radius 1 is 1.30 bits per heavy atom. The summed E-state index contributed by atoms with van der Waals surface area (Å²) in [4.78, 5) is 19.8. The first-order valence-electron chi connectivity index (χ1n) is 10.3. The molecule has 0 saturated carbocycles. The molecule has 1 amide bonds. The van der Waals surface area contributed by atoms with Crippen LogP contribution in [0.4, 0.5) is 0 Å². The quantitative estimate of drug-likeness (QED) is 0.779. The molecule has 2 saturated heterocycles. The standard InChI is InChI=1S/C22H26ClN3O3S/c1-16-19(23)6-2-7-20(16)30(28,29)22(9-4-11-25-15-22)21(27)26-12-8-18(14-26)17-5-3-10-24-13-17/h2-3,5-7,10,13,18,25H,4,8-9,11-12,14-15H2,1H3/t18?,22-/m0/s1. The van der Waals surface area contributed by atoms with Crippen molar-refractivity contribution in [3.63, 3.8) is 0 Å². The van der Waals surface area contributed by atoms with Gasteiger partial charge >= 0.3 is 0 Å². The molecule has 6 nitrogen and oxygen atoms in total. The number of carbonyl (C=O) groups excluding carboxylic acids is 1. The second kappa shape index (κ2) is 8.29. The van der Waals surface area contributed by atoms with Gasteiger partial charge in [-0.05, 0) is 62.1 Å². The SMILES string of the molecule is Cc1c(Cl)cccc1S(=O)(=O)[C@@]1(C(=O)N2CCC(c3cccnc3)C2)CCCNC1. The van der Waals surface area contributed by atoms with E-state index in [0.29, 0.717) is 43.1 Å². The summed E-state index contributed by atoms with van der Waals surface area (Å²) < 4.78 is 26.2. The average Bonchev–Trinajstić information content (AvgIpc) is 3.26. The van der Waals surface area contributed by atoms with Crippen LogP contribution in [0.15, 0.2) is 47.6 Å². The van der Waals surface area contributed by atoms with Crippen LogP contribution in [0.25, 0.3) is 0 Å². The molecule has 0 radical (unpaired) electrons. The molecule has 2 aromatic rings. The fraction of sp³-hybridized carbons (Fsp3) is 0.455. The van der Waals surface area contributed by atoms with Crippen molar-refractivity contribution in [1.29, 1.82) is 0 Å². The van der Waals surface area contributed by atoms with Gasteiger partial charge < -0.3 is 10.2 Å². The molecule has 2 aliphatic heterocycles. The first kappa shape index (κ1) is 21.3. The first-order valence-corrected chi connectivity index (χ1v) is 12.1. The summed E-state index contributed by atoms with van der Waals surface area (Å²) in [6.07, 6.45) is 5.29. The Morgan fingerprint density at radius 2 is 2.13 bits per heavy atom. The maximum Gasteiger partial charge on any atom is 0.245 e. The van der Waals surface area contributed by atoms with Gasteiger partial charge in [-0.1, -0.05) is 23.7 Å². The van der Waals surface area contributed by atoms with Gasteiger partial charge in [0.05, 0.1) is 4.90 Å². The Bertz CT molecular complexity index is 1040. The lowest BCUT2D eigenvalue weighted by Gasteiger charge is -2.38. The molecule has 2 atom stereocenters. The number of rotatable bonds is 4. The molecule has 1 N–H and O–H groups in total. The minimum Gasteiger partial charge on any atom is -0.341 e. The summed E-state index contributed by atoms with van der Waals surface area (Å²) in [5.41, 5.74) is 1.57. The molecule has 1 unspecified atom stereocenters. The molecule has 0 bridgehead atoms. The summed E-state index contributed by atoms with van der Waals surface area (Å²) in [6.45, 7) is 3.57. The zero-order chi connectivity index (χ0) is 21.4. The maximum atomic E-state index is 13.9. The van der Waals surface area contributed by atoms with Crippen LogP contribution in [0.1, 0.15) is 36.3 Å². The second-order valence-electron chi connectivity index (χ2n) is 8.16. The zero-order valence-electron chi connectivity index (χ0n) is 17.0. The number of nitrogens with one attached hydrogen (secondary N) is 1. The normalized spacial score (nSPS) is 24.7. The number of pyridine rings is 1. The largest absolute Gasteiger partial charge is 0.341 e. The number of nitrogens with zero attached hydrogens (tertiary/aromatic N) is 2. The van der Waals surface area contributed by atoms with Crippen LogP contribution in [-0.2, 0) is 14.6 Å². The number of carbonyl (C=O) groups is 1. The van der Waals surface area contributed by atoms with Gasteiger partial charge in [0.25, 0.3) is 0 Å². The number of likely N-dealkylation sites (tertiary alicyclic amines) is 1. The van der Waals surface area contributed by atoms with Gasteiger partial charge in [0.2, 0.25) is 5.91 Å².